The van der Waals surface area contributed by atoms with Crippen LogP contribution in [0.15, 0.2) is 36.4 Å². The fourth-order valence-corrected chi connectivity index (χ4v) is 2.87. The van der Waals surface area contributed by atoms with Gasteiger partial charge < -0.3 is 5.32 Å². The Bertz CT molecular complexity index is 734. The van der Waals surface area contributed by atoms with E-state index in [1.165, 1.54) is 11.1 Å². The van der Waals surface area contributed by atoms with E-state index >= 15 is 0 Å². The zero-order valence-corrected chi connectivity index (χ0v) is 12.8. The summed E-state index contributed by atoms with van der Waals surface area (Å²) in [5.74, 6) is -0.0420. The molecular formula is C16H15F3N4O. The maximum absolute atomic E-state index is 12.4. The highest BCUT2D eigenvalue weighted by Gasteiger charge is 2.35. The number of amides is 2. The Labute approximate surface area is 136 Å². The number of halogens is 3. The van der Waals surface area contributed by atoms with Gasteiger partial charge in [0.05, 0.1) is 0 Å². The lowest BCUT2D eigenvalue weighted by atomic mass is 9.99. The minimum Gasteiger partial charge on any atom is -0.332 e. The van der Waals surface area contributed by atoms with E-state index < -0.39 is 23.4 Å². The third kappa shape index (κ3) is 3.47. The summed E-state index contributed by atoms with van der Waals surface area (Å²) in [5, 5.41) is 11.7. The molecule has 2 aromatic rings. The van der Waals surface area contributed by atoms with Crippen LogP contribution in [0.5, 0.6) is 0 Å². The van der Waals surface area contributed by atoms with Gasteiger partial charge in [0.15, 0.2) is 11.5 Å². The predicted octanol–water partition coefficient (Wildman–Crippen LogP) is 3.17. The second-order valence-corrected chi connectivity index (χ2v) is 6.06. The standard InChI is InChI=1S/C16H15F3N4O/c1-15(8-10-4-2-3-5-11(10)9-15)21-14(24)20-13-7-6-12(22-23-13)16(17,18)19/h2-7H,8-9H2,1H3,(H2,20,21,23,24). The fourth-order valence-electron chi connectivity index (χ4n) is 2.87. The number of carbonyl (C=O) groups is 1. The Balaban J connectivity index is 1.62. The summed E-state index contributed by atoms with van der Waals surface area (Å²) in [4.78, 5) is 12.1. The van der Waals surface area contributed by atoms with Crippen LogP contribution in [0.1, 0.15) is 23.7 Å². The van der Waals surface area contributed by atoms with Gasteiger partial charge >= 0.3 is 12.2 Å². The number of alkyl halides is 3. The minimum absolute atomic E-state index is 0.0420. The highest BCUT2D eigenvalue weighted by Crippen LogP contribution is 2.30. The van der Waals surface area contributed by atoms with Gasteiger partial charge in [-0.25, -0.2) is 4.79 Å². The number of carbonyl (C=O) groups excluding carboxylic acids is 1. The summed E-state index contributed by atoms with van der Waals surface area (Å²) in [6, 6.07) is 9.24. The van der Waals surface area contributed by atoms with Crippen molar-refractivity contribution in [3.05, 3.63) is 53.2 Å². The summed E-state index contributed by atoms with van der Waals surface area (Å²) >= 11 is 0. The van der Waals surface area contributed by atoms with Gasteiger partial charge in [-0.2, -0.15) is 13.2 Å². The molecule has 2 N–H and O–H groups in total. The average Bonchev–Trinajstić information content (AvgIpc) is 2.82. The number of fused-ring (bicyclic) bond motifs is 1. The number of nitrogens with one attached hydrogen (secondary N) is 2. The zero-order chi connectivity index (χ0) is 17.4. The Hall–Kier alpha value is -2.64. The first-order valence-corrected chi connectivity index (χ1v) is 7.32. The summed E-state index contributed by atoms with van der Waals surface area (Å²) in [5.41, 5.74) is 0.795. The van der Waals surface area contributed by atoms with Crippen molar-refractivity contribution < 1.29 is 18.0 Å². The third-order valence-electron chi connectivity index (χ3n) is 3.89. The van der Waals surface area contributed by atoms with E-state index in [-0.39, 0.29) is 5.82 Å². The Morgan fingerprint density at radius 1 is 1.08 bits per heavy atom. The Morgan fingerprint density at radius 2 is 1.71 bits per heavy atom. The molecule has 0 bridgehead atoms. The van der Waals surface area contributed by atoms with Crippen LogP contribution in [0.25, 0.3) is 0 Å². The van der Waals surface area contributed by atoms with Crippen molar-refractivity contribution in [2.24, 2.45) is 0 Å². The number of benzene rings is 1. The lowest BCUT2D eigenvalue weighted by Gasteiger charge is -2.25. The molecule has 0 saturated carbocycles. The molecule has 126 valence electrons. The van der Waals surface area contributed by atoms with E-state index in [1.54, 1.807) is 0 Å². The Morgan fingerprint density at radius 3 is 2.21 bits per heavy atom. The van der Waals surface area contributed by atoms with Gasteiger partial charge in [0.1, 0.15) is 0 Å². The molecule has 0 saturated heterocycles. The number of hydrogen-bond acceptors (Lipinski definition) is 3. The van der Waals surface area contributed by atoms with Gasteiger partial charge in [0.2, 0.25) is 0 Å². The molecule has 1 aromatic heterocycles. The number of urea groups is 1. The molecule has 0 spiro atoms. The maximum Gasteiger partial charge on any atom is 0.435 e. The minimum atomic E-state index is -4.56. The summed E-state index contributed by atoms with van der Waals surface area (Å²) in [7, 11) is 0. The molecule has 24 heavy (non-hydrogen) atoms. The molecule has 5 nitrogen and oxygen atoms in total. The molecule has 0 radical (unpaired) electrons. The maximum atomic E-state index is 12.4. The lowest BCUT2D eigenvalue weighted by molar-refractivity contribution is -0.141. The fraction of sp³-hybridized carbons (Fsp3) is 0.312. The smallest absolute Gasteiger partial charge is 0.332 e. The molecule has 1 aromatic carbocycles. The van der Waals surface area contributed by atoms with Crippen LogP contribution >= 0.6 is 0 Å². The Kier molecular flexibility index (Phi) is 3.90. The summed E-state index contributed by atoms with van der Waals surface area (Å²) < 4.78 is 37.3. The summed E-state index contributed by atoms with van der Waals surface area (Å²) in [6.45, 7) is 1.92. The monoisotopic (exact) mass is 336 g/mol. The van der Waals surface area contributed by atoms with Crippen LogP contribution in [-0.4, -0.2) is 21.8 Å². The number of hydrogen-bond donors (Lipinski definition) is 2. The quantitative estimate of drug-likeness (QED) is 0.885. The van der Waals surface area contributed by atoms with E-state index in [0.717, 1.165) is 12.1 Å². The van der Waals surface area contributed by atoms with Gasteiger partial charge in [-0.3, -0.25) is 5.32 Å². The normalized spacial score (nSPS) is 15.7. The van der Waals surface area contributed by atoms with Crippen LogP contribution in [0.2, 0.25) is 0 Å². The average molecular weight is 336 g/mol. The molecule has 0 aliphatic heterocycles. The molecular weight excluding hydrogens is 321 g/mol. The molecule has 2 amide bonds. The van der Waals surface area contributed by atoms with Crippen molar-refractivity contribution in [3.8, 4) is 0 Å². The molecule has 0 fully saturated rings. The van der Waals surface area contributed by atoms with Crippen LogP contribution in [0.3, 0.4) is 0 Å². The second kappa shape index (κ2) is 5.77. The van der Waals surface area contributed by atoms with Gasteiger partial charge in [-0.1, -0.05) is 24.3 Å². The molecule has 3 rings (SSSR count). The topological polar surface area (TPSA) is 66.9 Å². The first-order chi connectivity index (χ1) is 11.3. The predicted molar refractivity (Wildman–Crippen MR) is 81.4 cm³/mol. The second-order valence-electron chi connectivity index (χ2n) is 6.06. The molecule has 0 atom stereocenters. The van der Waals surface area contributed by atoms with Crippen molar-refractivity contribution >= 4 is 11.8 Å². The summed E-state index contributed by atoms with van der Waals surface area (Å²) in [6.07, 6.45) is -3.18. The molecule has 1 heterocycles. The molecule has 0 unspecified atom stereocenters. The van der Waals surface area contributed by atoms with E-state index in [9.17, 15) is 18.0 Å². The highest BCUT2D eigenvalue weighted by molar-refractivity contribution is 5.88. The van der Waals surface area contributed by atoms with Crippen molar-refractivity contribution in [1.29, 1.82) is 0 Å². The largest absolute Gasteiger partial charge is 0.435 e. The molecule has 1 aliphatic rings. The van der Waals surface area contributed by atoms with E-state index in [4.69, 9.17) is 0 Å². The van der Waals surface area contributed by atoms with Crippen LogP contribution in [0.4, 0.5) is 23.8 Å². The first kappa shape index (κ1) is 16.2. The number of rotatable bonds is 2. The van der Waals surface area contributed by atoms with Crippen molar-refractivity contribution in [2.75, 3.05) is 5.32 Å². The van der Waals surface area contributed by atoms with Crippen LogP contribution in [-0.2, 0) is 19.0 Å². The van der Waals surface area contributed by atoms with Gasteiger partial charge in [-0.05, 0) is 43.0 Å². The van der Waals surface area contributed by atoms with E-state index in [2.05, 4.69) is 20.8 Å². The third-order valence-corrected chi connectivity index (χ3v) is 3.89. The van der Waals surface area contributed by atoms with E-state index in [1.807, 2.05) is 31.2 Å². The van der Waals surface area contributed by atoms with Gasteiger partial charge in [-0.15, -0.1) is 10.2 Å². The van der Waals surface area contributed by atoms with E-state index in [0.29, 0.717) is 12.8 Å². The SMILES string of the molecule is CC1(NC(=O)Nc2ccc(C(F)(F)F)nn2)Cc2ccccc2C1. The number of anilines is 1. The van der Waals surface area contributed by atoms with Crippen molar-refractivity contribution in [3.63, 3.8) is 0 Å². The van der Waals surface area contributed by atoms with Gasteiger partial charge in [0, 0.05) is 5.54 Å². The number of nitrogens with zero attached hydrogens (tertiary/aromatic N) is 2. The van der Waals surface area contributed by atoms with Crippen molar-refractivity contribution in [1.82, 2.24) is 15.5 Å². The highest BCUT2D eigenvalue weighted by atomic mass is 19.4. The zero-order valence-electron chi connectivity index (χ0n) is 12.8. The first-order valence-electron chi connectivity index (χ1n) is 7.32. The van der Waals surface area contributed by atoms with Crippen LogP contribution < -0.4 is 10.6 Å². The molecule has 1 aliphatic carbocycles. The van der Waals surface area contributed by atoms with Crippen LogP contribution in [0, 0.1) is 0 Å². The van der Waals surface area contributed by atoms with Gasteiger partial charge in [0.25, 0.3) is 0 Å². The molecule has 8 heteroatoms. The van der Waals surface area contributed by atoms with Crippen molar-refractivity contribution in [2.45, 2.75) is 31.5 Å². The number of aromatic nitrogens is 2. The lowest BCUT2D eigenvalue weighted by Crippen LogP contribution is -2.48.